The van der Waals surface area contributed by atoms with E-state index >= 15 is 0 Å². The highest BCUT2D eigenvalue weighted by Crippen LogP contribution is 2.23. The van der Waals surface area contributed by atoms with Crippen LogP contribution in [-0.2, 0) is 4.74 Å². The highest BCUT2D eigenvalue weighted by molar-refractivity contribution is 4.81. The summed E-state index contributed by atoms with van der Waals surface area (Å²) in [6, 6.07) is 0.861. The van der Waals surface area contributed by atoms with Crippen molar-refractivity contribution in [1.29, 1.82) is 0 Å². The Morgan fingerprint density at radius 1 is 1.36 bits per heavy atom. The van der Waals surface area contributed by atoms with Crippen molar-refractivity contribution in [3.05, 3.63) is 0 Å². The SMILES string of the molecule is CC(CNC1CC1)CC1CCCOC1. The maximum Gasteiger partial charge on any atom is 0.0494 e. The second-order valence-corrected chi connectivity index (χ2v) is 5.11. The quantitative estimate of drug-likeness (QED) is 0.729. The zero-order valence-corrected chi connectivity index (χ0v) is 9.30. The lowest BCUT2D eigenvalue weighted by Crippen LogP contribution is -2.27. The monoisotopic (exact) mass is 197 g/mol. The van der Waals surface area contributed by atoms with Gasteiger partial charge in [-0.2, -0.15) is 0 Å². The van der Waals surface area contributed by atoms with E-state index < -0.39 is 0 Å². The summed E-state index contributed by atoms with van der Waals surface area (Å²) in [5.74, 6) is 1.65. The summed E-state index contributed by atoms with van der Waals surface area (Å²) in [6.07, 6.45) is 6.81. The largest absolute Gasteiger partial charge is 0.381 e. The molecule has 0 aromatic carbocycles. The molecular formula is C12H23NO. The van der Waals surface area contributed by atoms with E-state index in [1.165, 1.54) is 38.6 Å². The van der Waals surface area contributed by atoms with Crippen LogP contribution in [0.1, 0.15) is 39.0 Å². The molecule has 1 aliphatic heterocycles. The van der Waals surface area contributed by atoms with Crippen LogP contribution in [0.5, 0.6) is 0 Å². The molecule has 0 aromatic rings. The van der Waals surface area contributed by atoms with Crippen molar-refractivity contribution >= 4 is 0 Å². The van der Waals surface area contributed by atoms with Gasteiger partial charge in [0.15, 0.2) is 0 Å². The molecule has 1 aliphatic carbocycles. The fourth-order valence-corrected chi connectivity index (χ4v) is 2.30. The van der Waals surface area contributed by atoms with E-state index in [-0.39, 0.29) is 0 Å². The van der Waals surface area contributed by atoms with Crippen molar-refractivity contribution in [2.24, 2.45) is 11.8 Å². The van der Waals surface area contributed by atoms with Crippen LogP contribution in [0, 0.1) is 11.8 Å². The minimum Gasteiger partial charge on any atom is -0.381 e. The van der Waals surface area contributed by atoms with Crippen molar-refractivity contribution in [2.45, 2.75) is 45.1 Å². The topological polar surface area (TPSA) is 21.3 Å². The first kappa shape index (κ1) is 10.4. The maximum absolute atomic E-state index is 5.50. The maximum atomic E-state index is 5.50. The van der Waals surface area contributed by atoms with Crippen molar-refractivity contribution < 1.29 is 4.74 Å². The zero-order chi connectivity index (χ0) is 9.80. The average molecular weight is 197 g/mol. The highest BCUT2D eigenvalue weighted by atomic mass is 16.5. The Hall–Kier alpha value is -0.0800. The van der Waals surface area contributed by atoms with Crippen LogP contribution in [0.15, 0.2) is 0 Å². The summed E-state index contributed by atoms with van der Waals surface area (Å²) in [5, 5.41) is 3.61. The van der Waals surface area contributed by atoms with E-state index in [4.69, 9.17) is 4.74 Å². The molecular weight excluding hydrogens is 174 g/mol. The van der Waals surface area contributed by atoms with Crippen LogP contribution < -0.4 is 5.32 Å². The normalized spacial score (nSPS) is 30.2. The minimum absolute atomic E-state index is 0.822. The van der Waals surface area contributed by atoms with Gasteiger partial charge in [-0.3, -0.25) is 0 Å². The molecule has 1 N–H and O–H groups in total. The lowest BCUT2D eigenvalue weighted by Gasteiger charge is -2.25. The second kappa shape index (κ2) is 5.13. The summed E-state index contributed by atoms with van der Waals surface area (Å²) < 4.78 is 5.50. The Morgan fingerprint density at radius 2 is 2.21 bits per heavy atom. The molecule has 14 heavy (non-hydrogen) atoms. The van der Waals surface area contributed by atoms with Crippen LogP contribution >= 0.6 is 0 Å². The van der Waals surface area contributed by atoms with Gasteiger partial charge in [0.05, 0.1) is 0 Å². The molecule has 1 heterocycles. The molecule has 2 unspecified atom stereocenters. The molecule has 0 aromatic heterocycles. The lowest BCUT2D eigenvalue weighted by atomic mass is 9.91. The molecule has 2 heteroatoms. The Kier molecular flexibility index (Phi) is 3.82. The molecule has 2 nitrogen and oxygen atoms in total. The van der Waals surface area contributed by atoms with Crippen molar-refractivity contribution in [3.63, 3.8) is 0 Å². The van der Waals surface area contributed by atoms with Gasteiger partial charge in [0.2, 0.25) is 0 Å². The van der Waals surface area contributed by atoms with Gasteiger partial charge in [-0.1, -0.05) is 6.92 Å². The number of hydrogen-bond acceptors (Lipinski definition) is 2. The molecule has 2 rings (SSSR count). The molecule has 2 aliphatic rings. The third-order valence-corrected chi connectivity index (χ3v) is 3.32. The van der Waals surface area contributed by atoms with Gasteiger partial charge in [0, 0.05) is 19.3 Å². The first-order chi connectivity index (χ1) is 6.84. The van der Waals surface area contributed by atoms with E-state index in [1.807, 2.05) is 0 Å². The first-order valence-corrected chi connectivity index (χ1v) is 6.15. The molecule has 0 spiro atoms. The van der Waals surface area contributed by atoms with Gasteiger partial charge in [-0.05, 0) is 50.5 Å². The summed E-state index contributed by atoms with van der Waals surface area (Å²) in [5.41, 5.74) is 0. The second-order valence-electron chi connectivity index (χ2n) is 5.11. The van der Waals surface area contributed by atoms with Gasteiger partial charge in [0.25, 0.3) is 0 Å². The third-order valence-electron chi connectivity index (χ3n) is 3.32. The first-order valence-electron chi connectivity index (χ1n) is 6.15. The molecule has 2 atom stereocenters. The van der Waals surface area contributed by atoms with E-state index in [2.05, 4.69) is 12.2 Å². The van der Waals surface area contributed by atoms with E-state index in [9.17, 15) is 0 Å². The molecule has 2 fully saturated rings. The zero-order valence-electron chi connectivity index (χ0n) is 9.30. The van der Waals surface area contributed by atoms with Gasteiger partial charge in [-0.25, -0.2) is 0 Å². The number of rotatable bonds is 5. The van der Waals surface area contributed by atoms with Gasteiger partial charge < -0.3 is 10.1 Å². The van der Waals surface area contributed by atoms with Crippen LogP contribution in [0.4, 0.5) is 0 Å². The van der Waals surface area contributed by atoms with Crippen molar-refractivity contribution in [2.75, 3.05) is 19.8 Å². The van der Waals surface area contributed by atoms with Crippen molar-refractivity contribution in [1.82, 2.24) is 5.32 Å². The number of ether oxygens (including phenoxy) is 1. The minimum atomic E-state index is 0.822. The van der Waals surface area contributed by atoms with Crippen LogP contribution in [0.3, 0.4) is 0 Å². The van der Waals surface area contributed by atoms with Gasteiger partial charge >= 0.3 is 0 Å². The summed E-state index contributed by atoms with van der Waals surface area (Å²) in [7, 11) is 0. The predicted octanol–water partition coefficient (Wildman–Crippen LogP) is 2.19. The summed E-state index contributed by atoms with van der Waals surface area (Å²) in [4.78, 5) is 0. The molecule has 0 amide bonds. The number of nitrogens with one attached hydrogen (secondary N) is 1. The molecule has 1 saturated heterocycles. The lowest BCUT2D eigenvalue weighted by molar-refractivity contribution is 0.0460. The Bertz CT molecular complexity index is 162. The average Bonchev–Trinajstić information content (AvgIpc) is 3.00. The highest BCUT2D eigenvalue weighted by Gasteiger charge is 2.22. The third kappa shape index (κ3) is 3.58. The summed E-state index contributed by atoms with van der Waals surface area (Å²) in [6.45, 7) is 5.57. The van der Waals surface area contributed by atoms with Crippen LogP contribution in [0.25, 0.3) is 0 Å². The summed E-state index contributed by atoms with van der Waals surface area (Å²) >= 11 is 0. The molecule has 0 radical (unpaired) electrons. The predicted molar refractivity (Wildman–Crippen MR) is 58.3 cm³/mol. The Balaban J connectivity index is 1.57. The van der Waals surface area contributed by atoms with Crippen LogP contribution in [0.2, 0.25) is 0 Å². The number of hydrogen-bond donors (Lipinski definition) is 1. The van der Waals surface area contributed by atoms with E-state index in [1.54, 1.807) is 0 Å². The standard InChI is InChI=1S/C12H23NO/c1-10(8-13-12-4-5-12)7-11-3-2-6-14-9-11/h10-13H,2-9H2,1H3. The molecule has 1 saturated carbocycles. The molecule has 82 valence electrons. The van der Waals surface area contributed by atoms with E-state index in [0.29, 0.717) is 0 Å². The smallest absolute Gasteiger partial charge is 0.0494 e. The van der Waals surface area contributed by atoms with Crippen LogP contribution in [-0.4, -0.2) is 25.8 Å². The molecule has 0 bridgehead atoms. The Morgan fingerprint density at radius 3 is 2.86 bits per heavy atom. The van der Waals surface area contributed by atoms with E-state index in [0.717, 1.165) is 31.1 Å². The Labute approximate surface area is 87.4 Å². The van der Waals surface area contributed by atoms with Gasteiger partial charge in [0.1, 0.15) is 0 Å². The van der Waals surface area contributed by atoms with Gasteiger partial charge in [-0.15, -0.1) is 0 Å². The van der Waals surface area contributed by atoms with Crippen molar-refractivity contribution in [3.8, 4) is 0 Å². The fourth-order valence-electron chi connectivity index (χ4n) is 2.30. The fraction of sp³-hybridized carbons (Fsp3) is 1.00.